The lowest BCUT2D eigenvalue weighted by molar-refractivity contribution is 0.0519. The highest BCUT2D eigenvalue weighted by atomic mass is 32.2. The van der Waals surface area contributed by atoms with Crippen molar-refractivity contribution in [2.45, 2.75) is 38.5 Å². The Morgan fingerprint density at radius 2 is 2.00 bits per heavy atom. The molecule has 0 atom stereocenters. The number of hydrogen-bond acceptors (Lipinski definition) is 5. The lowest BCUT2D eigenvalue weighted by atomic mass is 10.2. The van der Waals surface area contributed by atoms with Gasteiger partial charge in [-0.1, -0.05) is 0 Å². The molecule has 120 valence electrons. The fraction of sp³-hybridized carbons (Fsp3) is 0.615. The van der Waals surface area contributed by atoms with Crippen LogP contribution in [0.1, 0.15) is 41.5 Å². The number of esters is 1. The Hall–Kier alpha value is -1.38. The molecule has 0 aromatic carbocycles. The predicted octanol–water partition coefficient (Wildman–Crippen LogP) is 0.859. The molecule has 0 bridgehead atoms. The van der Waals surface area contributed by atoms with Gasteiger partial charge in [0.2, 0.25) is 10.0 Å². The van der Waals surface area contributed by atoms with Crippen LogP contribution in [-0.2, 0) is 14.8 Å². The summed E-state index contributed by atoms with van der Waals surface area (Å²) in [4.78, 5) is 14.6. The van der Waals surface area contributed by atoms with Crippen molar-refractivity contribution < 1.29 is 23.1 Å². The van der Waals surface area contributed by atoms with Crippen molar-refractivity contribution in [3.8, 4) is 0 Å². The molecule has 21 heavy (non-hydrogen) atoms. The van der Waals surface area contributed by atoms with Gasteiger partial charge in [-0.2, -0.15) is 0 Å². The molecule has 1 heterocycles. The monoisotopic (exact) mass is 318 g/mol. The van der Waals surface area contributed by atoms with Gasteiger partial charge < -0.3 is 14.8 Å². The third-order valence-corrected chi connectivity index (χ3v) is 4.73. The summed E-state index contributed by atoms with van der Waals surface area (Å²) < 4.78 is 31.9. The number of ether oxygens (including phenoxy) is 1. The summed E-state index contributed by atoms with van der Waals surface area (Å²) in [6.45, 7) is 5.33. The largest absolute Gasteiger partial charge is 0.461 e. The second-order valence-electron chi connectivity index (χ2n) is 4.63. The number of aliphatic hydroxyl groups excluding tert-OH is 1. The molecule has 3 N–H and O–H groups in total. The van der Waals surface area contributed by atoms with Gasteiger partial charge in [0.05, 0.1) is 6.61 Å². The van der Waals surface area contributed by atoms with E-state index < -0.39 is 16.0 Å². The summed E-state index contributed by atoms with van der Waals surface area (Å²) in [5.41, 5.74) is 0.899. The van der Waals surface area contributed by atoms with E-state index in [1.165, 1.54) is 0 Å². The second-order valence-corrected chi connectivity index (χ2v) is 6.33. The Labute approximate surface area is 124 Å². The van der Waals surface area contributed by atoms with E-state index in [1.54, 1.807) is 20.8 Å². The number of nitrogens with one attached hydrogen (secondary N) is 2. The molecule has 0 radical (unpaired) electrons. The maximum atomic E-state index is 12.3. The Morgan fingerprint density at radius 3 is 2.57 bits per heavy atom. The van der Waals surface area contributed by atoms with Crippen LogP contribution in [0.4, 0.5) is 0 Å². The molecule has 0 spiro atoms. The molecule has 7 nitrogen and oxygen atoms in total. The first-order valence-corrected chi connectivity index (χ1v) is 8.30. The fourth-order valence-corrected chi connectivity index (χ4v) is 3.58. The molecule has 1 rings (SSSR count). The average Bonchev–Trinajstić information content (AvgIpc) is 2.71. The van der Waals surface area contributed by atoms with Gasteiger partial charge in [0, 0.05) is 24.4 Å². The predicted molar refractivity (Wildman–Crippen MR) is 77.7 cm³/mol. The first-order chi connectivity index (χ1) is 9.85. The number of carbonyl (C=O) groups is 1. The van der Waals surface area contributed by atoms with E-state index in [2.05, 4.69) is 9.71 Å². The van der Waals surface area contributed by atoms with E-state index in [1.807, 2.05) is 0 Å². The number of aryl methyl sites for hydroxylation is 1. The van der Waals surface area contributed by atoms with Crippen LogP contribution in [0.5, 0.6) is 0 Å². The molecule has 0 fully saturated rings. The first kappa shape index (κ1) is 17.7. The molecule has 0 saturated carbocycles. The smallest absolute Gasteiger partial charge is 0.355 e. The minimum absolute atomic E-state index is 0.0247. The average molecular weight is 318 g/mol. The van der Waals surface area contributed by atoms with Crippen molar-refractivity contribution in [1.82, 2.24) is 9.71 Å². The van der Waals surface area contributed by atoms with Crippen molar-refractivity contribution >= 4 is 16.0 Å². The Kier molecular flexibility index (Phi) is 6.38. The second kappa shape index (κ2) is 7.58. The van der Waals surface area contributed by atoms with Crippen molar-refractivity contribution in [1.29, 1.82) is 0 Å². The van der Waals surface area contributed by atoms with Crippen molar-refractivity contribution in [3.05, 3.63) is 17.0 Å². The van der Waals surface area contributed by atoms with Crippen LogP contribution in [0.2, 0.25) is 0 Å². The van der Waals surface area contributed by atoms with Crippen LogP contribution in [0.15, 0.2) is 4.90 Å². The number of aliphatic hydroxyl groups is 1. The fourth-order valence-electron chi connectivity index (χ4n) is 2.06. The highest BCUT2D eigenvalue weighted by Gasteiger charge is 2.26. The molecule has 1 aromatic heterocycles. The zero-order valence-electron chi connectivity index (χ0n) is 12.5. The van der Waals surface area contributed by atoms with Crippen LogP contribution in [-0.4, -0.2) is 44.2 Å². The number of aromatic amines is 1. The molecule has 1 aromatic rings. The van der Waals surface area contributed by atoms with E-state index in [-0.39, 0.29) is 30.3 Å². The molecular formula is C13H22N2O5S. The van der Waals surface area contributed by atoms with Gasteiger partial charge in [0.15, 0.2) is 0 Å². The quantitative estimate of drug-likeness (QED) is 0.486. The normalized spacial score (nSPS) is 11.6. The Balaban J connectivity index is 2.99. The number of rotatable bonds is 8. The third kappa shape index (κ3) is 4.29. The Morgan fingerprint density at radius 1 is 1.33 bits per heavy atom. The summed E-state index contributed by atoms with van der Waals surface area (Å²) in [5.74, 6) is -0.570. The zero-order chi connectivity index (χ0) is 16.0. The zero-order valence-corrected chi connectivity index (χ0v) is 13.3. The van der Waals surface area contributed by atoms with Gasteiger partial charge in [-0.3, -0.25) is 0 Å². The summed E-state index contributed by atoms with van der Waals surface area (Å²) >= 11 is 0. The molecule has 0 aliphatic rings. The van der Waals surface area contributed by atoms with Gasteiger partial charge in [-0.15, -0.1) is 0 Å². The standard InChI is InChI=1S/C13H22N2O5S/c1-4-20-13(17)11-9(2)12(10(3)15-11)21(18,19)14-7-5-6-8-16/h14-16H,4-8H2,1-3H3. The summed E-state index contributed by atoms with van der Waals surface area (Å²) in [6.07, 6.45) is 1.07. The van der Waals surface area contributed by atoms with Crippen molar-refractivity contribution in [2.75, 3.05) is 19.8 Å². The van der Waals surface area contributed by atoms with Gasteiger partial charge in [0.1, 0.15) is 10.6 Å². The SMILES string of the molecule is CCOC(=O)c1[nH]c(C)c(S(=O)(=O)NCCCCO)c1C. The summed E-state index contributed by atoms with van der Waals surface area (Å²) in [6, 6.07) is 0. The van der Waals surface area contributed by atoms with E-state index in [0.29, 0.717) is 24.1 Å². The molecular weight excluding hydrogens is 296 g/mol. The van der Waals surface area contributed by atoms with Gasteiger partial charge in [-0.05, 0) is 33.6 Å². The van der Waals surface area contributed by atoms with E-state index in [4.69, 9.17) is 9.84 Å². The van der Waals surface area contributed by atoms with Crippen LogP contribution in [0.25, 0.3) is 0 Å². The minimum atomic E-state index is -3.70. The lowest BCUT2D eigenvalue weighted by Gasteiger charge is -2.07. The number of aromatic nitrogens is 1. The van der Waals surface area contributed by atoms with Crippen LogP contribution in [0, 0.1) is 13.8 Å². The molecule has 0 unspecified atom stereocenters. The molecule has 8 heteroatoms. The van der Waals surface area contributed by atoms with Gasteiger partial charge >= 0.3 is 5.97 Å². The first-order valence-electron chi connectivity index (χ1n) is 6.82. The van der Waals surface area contributed by atoms with Crippen LogP contribution >= 0.6 is 0 Å². The van der Waals surface area contributed by atoms with Gasteiger partial charge in [-0.25, -0.2) is 17.9 Å². The number of carbonyl (C=O) groups excluding carboxylic acids is 1. The summed E-state index contributed by atoms with van der Waals surface area (Å²) in [5, 5.41) is 8.68. The highest BCUT2D eigenvalue weighted by Crippen LogP contribution is 2.23. The minimum Gasteiger partial charge on any atom is -0.461 e. The molecule has 0 aliphatic heterocycles. The topological polar surface area (TPSA) is 108 Å². The highest BCUT2D eigenvalue weighted by molar-refractivity contribution is 7.89. The molecule has 0 aliphatic carbocycles. The van der Waals surface area contributed by atoms with E-state index in [9.17, 15) is 13.2 Å². The maximum absolute atomic E-state index is 12.3. The lowest BCUT2D eigenvalue weighted by Crippen LogP contribution is -2.26. The Bertz CT molecular complexity index is 592. The number of sulfonamides is 1. The van der Waals surface area contributed by atoms with E-state index in [0.717, 1.165) is 0 Å². The third-order valence-electron chi connectivity index (χ3n) is 2.99. The summed E-state index contributed by atoms with van der Waals surface area (Å²) in [7, 11) is -3.70. The van der Waals surface area contributed by atoms with Crippen molar-refractivity contribution in [3.63, 3.8) is 0 Å². The maximum Gasteiger partial charge on any atom is 0.355 e. The number of unbranched alkanes of at least 4 members (excludes halogenated alkanes) is 1. The van der Waals surface area contributed by atoms with Crippen molar-refractivity contribution in [2.24, 2.45) is 0 Å². The van der Waals surface area contributed by atoms with Crippen LogP contribution < -0.4 is 4.72 Å². The van der Waals surface area contributed by atoms with Crippen LogP contribution in [0.3, 0.4) is 0 Å². The number of H-pyrrole nitrogens is 1. The van der Waals surface area contributed by atoms with Gasteiger partial charge in [0.25, 0.3) is 0 Å². The molecule has 0 saturated heterocycles. The molecule has 0 amide bonds. The number of hydrogen-bond donors (Lipinski definition) is 3. The van der Waals surface area contributed by atoms with E-state index >= 15 is 0 Å².